The van der Waals surface area contributed by atoms with Crippen LogP contribution in [-0.2, 0) is 9.78 Å². The fourth-order valence-electron chi connectivity index (χ4n) is 3.57. The predicted molar refractivity (Wildman–Crippen MR) is 90.3 cm³/mol. The molecule has 1 rings (SSSR count). The Kier molecular flexibility index (Phi) is 9.59. The Balaban J connectivity index is 2.67. The zero-order valence-electron chi connectivity index (χ0n) is 15.0. The van der Waals surface area contributed by atoms with E-state index in [-0.39, 0.29) is 5.60 Å². The molecule has 0 saturated carbocycles. The predicted octanol–water partition coefficient (Wildman–Crippen LogP) is 6.43. The van der Waals surface area contributed by atoms with Crippen molar-refractivity contribution in [2.75, 3.05) is 0 Å². The van der Waals surface area contributed by atoms with Gasteiger partial charge < -0.3 is 0 Å². The van der Waals surface area contributed by atoms with E-state index in [2.05, 4.69) is 27.7 Å². The second-order valence-electron chi connectivity index (χ2n) is 6.92. The van der Waals surface area contributed by atoms with E-state index < -0.39 is 0 Å². The van der Waals surface area contributed by atoms with E-state index in [0.717, 1.165) is 0 Å². The number of hydrogen-bond acceptors (Lipinski definition) is 2. The highest BCUT2D eigenvalue weighted by Crippen LogP contribution is 2.45. The van der Waals surface area contributed by atoms with Gasteiger partial charge in [0, 0.05) is 0 Å². The van der Waals surface area contributed by atoms with E-state index in [4.69, 9.17) is 9.78 Å². The molecule has 0 bridgehead atoms. The van der Waals surface area contributed by atoms with Crippen LogP contribution in [0, 0.1) is 5.92 Å². The molecule has 126 valence electrons. The van der Waals surface area contributed by atoms with E-state index in [9.17, 15) is 0 Å². The quantitative estimate of drug-likeness (QED) is 0.365. The summed E-state index contributed by atoms with van der Waals surface area (Å²) in [5.41, 5.74) is 0.0399. The maximum atomic E-state index is 5.78. The molecule has 0 radical (unpaired) electrons. The standard InChI is InChI=1S/C19H38O2/c1-5-9-13-17(14-10-6-2)18-19(21-20-18,15-11-7-3)16-12-8-4/h17-18H,5-16H2,1-4H3. The van der Waals surface area contributed by atoms with Gasteiger partial charge in [0.25, 0.3) is 0 Å². The highest BCUT2D eigenvalue weighted by molar-refractivity contribution is 4.96. The van der Waals surface area contributed by atoms with Crippen LogP contribution in [0.1, 0.15) is 105 Å². The Labute approximate surface area is 132 Å². The molecule has 1 saturated heterocycles. The van der Waals surface area contributed by atoms with Crippen LogP contribution in [0.15, 0.2) is 0 Å². The molecule has 0 aliphatic carbocycles. The first kappa shape index (κ1) is 19.0. The molecule has 0 amide bonds. The van der Waals surface area contributed by atoms with Crippen molar-refractivity contribution in [2.45, 2.75) is 116 Å². The second kappa shape index (κ2) is 10.6. The molecule has 1 fully saturated rings. The van der Waals surface area contributed by atoms with Crippen LogP contribution in [0.3, 0.4) is 0 Å². The first-order valence-corrected chi connectivity index (χ1v) is 9.58. The lowest BCUT2D eigenvalue weighted by atomic mass is 9.75. The number of rotatable bonds is 13. The topological polar surface area (TPSA) is 18.5 Å². The average Bonchev–Trinajstić information content (AvgIpc) is 2.49. The van der Waals surface area contributed by atoms with E-state index in [1.165, 1.54) is 77.0 Å². The molecule has 0 N–H and O–H groups in total. The fraction of sp³-hybridized carbons (Fsp3) is 1.00. The van der Waals surface area contributed by atoms with E-state index in [1.54, 1.807) is 0 Å². The van der Waals surface area contributed by atoms with Crippen LogP contribution in [0.4, 0.5) is 0 Å². The Morgan fingerprint density at radius 3 is 1.57 bits per heavy atom. The molecule has 2 heteroatoms. The molecule has 1 unspecified atom stereocenters. The van der Waals surface area contributed by atoms with Gasteiger partial charge in [-0.15, -0.1) is 0 Å². The molecule has 0 aromatic carbocycles. The lowest BCUT2D eigenvalue weighted by Gasteiger charge is -2.51. The summed E-state index contributed by atoms with van der Waals surface area (Å²) in [6.45, 7) is 9.12. The van der Waals surface area contributed by atoms with Gasteiger partial charge in [0.2, 0.25) is 0 Å². The third-order valence-corrected chi connectivity index (χ3v) is 5.03. The summed E-state index contributed by atoms with van der Waals surface area (Å²) in [4.78, 5) is 11.5. The minimum Gasteiger partial charge on any atom is -0.229 e. The van der Waals surface area contributed by atoms with Gasteiger partial charge in [-0.25, -0.2) is 9.78 Å². The van der Waals surface area contributed by atoms with Gasteiger partial charge in [0.05, 0.1) is 0 Å². The second-order valence-corrected chi connectivity index (χ2v) is 6.92. The summed E-state index contributed by atoms with van der Waals surface area (Å²) in [6.07, 6.45) is 15.6. The molecule has 1 atom stereocenters. The van der Waals surface area contributed by atoms with Gasteiger partial charge in [-0.2, -0.15) is 0 Å². The summed E-state index contributed by atoms with van der Waals surface area (Å²) in [7, 11) is 0. The van der Waals surface area contributed by atoms with E-state index in [0.29, 0.717) is 12.0 Å². The molecule has 0 spiro atoms. The van der Waals surface area contributed by atoms with Crippen molar-refractivity contribution in [3.63, 3.8) is 0 Å². The van der Waals surface area contributed by atoms with E-state index >= 15 is 0 Å². The Bertz CT molecular complexity index is 236. The molecule has 0 aromatic heterocycles. The first-order valence-electron chi connectivity index (χ1n) is 9.58. The minimum absolute atomic E-state index is 0.0399. The van der Waals surface area contributed by atoms with Crippen LogP contribution < -0.4 is 0 Å². The molecule has 1 aliphatic rings. The van der Waals surface area contributed by atoms with Crippen molar-refractivity contribution < 1.29 is 9.78 Å². The molecule has 0 aromatic rings. The van der Waals surface area contributed by atoms with Crippen molar-refractivity contribution in [3.05, 3.63) is 0 Å². The van der Waals surface area contributed by atoms with Crippen molar-refractivity contribution in [2.24, 2.45) is 5.92 Å². The molecule has 2 nitrogen and oxygen atoms in total. The number of unbranched alkanes of at least 4 members (excludes halogenated alkanes) is 4. The number of hydrogen-bond donors (Lipinski definition) is 0. The summed E-state index contributed by atoms with van der Waals surface area (Å²) in [5, 5.41) is 0. The Morgan fingerprint density at radius 2 is 1.24 bits per heavy atom. The Hall–Kier alpha value is -0.0800. The maximum absolute atomic E-state index is 5.78. The van der Waals surface area contributed by atoms with Gasteiger partial charge in [0.15, 0.2) is 0 Å². The molecular weight excluding hydrogens is 260 g/mol. The van der Waals surface area contributed by atoms with Crippen molar-refractivity contribution in [3.8, 4) is 0 Å². The van der Waals surface area contributed by atoms with Gasteiger partial charge in [-0.1, -0.05) is 79.1 Å². The van der Waals surface area contributed by atoms with Gasteiger partial charge >= 0.3 is 0 Å². The van der Waals surface area contributed by atoms with Crippen LogP contribution in [0.2, 0.25) is 0 Å². The average molecular weight is 299 g/mol. The van der Waals surface area contributed by atoms with Gasteiger partial charge in [-0.3, -0.25) is 0 Å². The third-order valence-electron chi connectivity index (χ3n) is 5.03. The van der Waals surface area contributed by atoms with Gasteiger partial charge in [-0.05, 0) is 31.6 Å². The largest absolute Gasteiger partial charge is 0.229 e. The lowest BCUT2D eigenvalue weighted by Crippen LogP contribution is -2.59. The summed E-state index contributed by atoms with van der Waals surface area (Å²) in [6, 6.07) is 0. The van der Waals surface area contributed by atoms with Crippen molar-refractivity contribution >= 4 is 0 Å². The van der Waals surface area contributed by atoms with Crippen molar-refractivity contribution in [1.29, 1.82) is 0 Å². The van der Waals surface area contributed by atoms with Crippen LogP contribution in [0.25, 0.3) is 0 Å². The fourth-order valence-corrected chi connectivity index (χ4v) is 3.57. The summed E-state index contributed by atoms with van der Waals surface area (Å²) >= 11 is 0. The summed E-state index contributed by atoms with van der Waals surface area (Å²) < 4.78 is 0. The minimum atomic E-state index is 0.0399. The van der Waals surface area contributed by atoms with Crippen molar-refractivity contribution in [1.82, 2.24) is 0 Å². The lowest BCUT2D eigenvalue weighted by molar-refractivity contribution is -0.522. The summed E-state index contributed by atoms with van der Waals surface area (Å²) in [5.74, 6) is 0.701. The highest BCUT2D eigenvalue weighted by Gasteiger charge is 2.53. The van der Waals surface area contributed by atoms with E-state index in [1.807, 2.05) is 0 Å². The normalized spacial score (nSPS) is 20.7. The van der Waals surface area contributed by atoms with Crippen LogP contribution in [0.5, 0.6) is 0 Å². The first-order chi connectivity index (χ1) is 10.2. The maximum Gasteiger partial charge on any atom is 0.133 e. The molecule has 1 heterocycles. The highest BCUT2D eigenvalue weighted by atomic mass is 17.3. The third kappa shape index (κ3) is 5.56. The Morgan fingerprint density at radius 1 is 0.762 bits per heavy atom. The SMILES string of the molecule is CCCCC(CCCC)C1OOC1(CCCC)CCCC. The zero-order chi connectivity index (χ0) is 15.6. The molecular formula is C19H38O2. The van der Waals surface area contributed by atoms with Crippen LogP contribution >= 0.6 is 0 Å². The monoisotopic (exact) mass is 298 g/mol. The smallest absolute Gasteiger partial charge is 0.133 e. The van der Waals surface area contributed by atoms with Gasteiger partial charge in [0.1, 0.15) is 11.7 Å². The molecule has 1 aliphatic heterocycles. The zero-order valence-corrected chi connectivity index (χ0v) is 15.0. The van der Waals surface area contributed by atoms with Crippen LogP contribution in [-0.4, -0.2) is 11.7 Å². The molecule has 21 heavy (non-hydrogen) atoms.